The number of nitrogens with zero attached hydrogens (tertiary/aromatic N) is 6. The molecular weight excluding hydrogens is 566 g/mol. The molecule has 3 aliphatic rings. The van der Waals surface area contributed by atoms with E-state index in [1.807, 2.05) is 18.3 Å². The lowest BCUT2D eigenvalue weighted by molar-refractivity contribution is 0.0982. The normalized spacial score (nSPS) is 18.5. The fourth-order valence-electron chi connectivity index (χ4n) is 6.55. The van der Waals surface area contributed by atoms with Gasteiger partial charge in [0.25, 0.3) is 0 Å². The first-order valence-electron chi connectivity index (χ1n) is 14.9. The van der Waals surface area contributed by atoms with Gasteiger partial charge in [-0.25, -0.2) is 0 Å². The maximum atomic E-state index is 6.86. The van der Waals surface area contributed by atoms with E-state index in [2.05, 4.69) is 78.3 Å². The lowest BCUT2D eigenvalue weighted by Crippen LogP contribution is -2.52. The number of para-hydroxylation sites is 1. The number of fused-ring (bicyclic) bond motifs is 2. The van der Waals surface area contributed by atoms with Crippen LogP contribution in [-0.2, 0) is 6.42 Å². The number of nitrogens with one attached hydrogen (secondary N) is 3. The molecule has 0 radical (unpaired) electrons. The van der Waals surface area contributed by atoms with E-state index in [0.29, 0.717) is 12.0 Å². The van der Waals surface area contributed by atoms with Gasteiger partial charge in [0, 0.05) is 70.0 Å². The molecule has 220 valence electrons. The molecule has 0 unspecified atom stereocenters. The van der Waals surface area contributed by atoms with E-state index in [4.69, 9.17) is 21.6 Å². The minimum Gasteiger partial charge on any atom is -0.370 e. The summed E-state index contributed by atoms with van der Waals surface area (Å²) in [5, 5.41) is 8.70. The molecule has 2 saturated heterocycles. The average molecular weight is 604 g/mol. The Hall–Kier alpha value is -3.18. The van der Waals surface area contributed by atoms with Gasteiger partial charge in [0.15, 0.2) is 0 Å². The summed E-state index contributed by atoms with van der Waals surface area (Å²) in [6, 6.07) is 15.3. The van der Waals surface area contributed by atoms with Crippen LogP contribution in [0, 0.1) is 0 Å². The molecule has 5 heterocycles. The Morgan fingerprint density at radius 3 is 2.57 bits per heavy atom. The maximum absolute atomic E-state index is 6.86. The third-order valence-electron chi connectivity index (χ3n) is 8.91. The van der Waals surface area contributed by atoms with Crippen LogP contribution in [0.15, 0.2) is 48.7 Å². The molecule has 11 heteroatoms. The molecule has 4 aromatic rings. The molecule has 0 atom stereocenters. The fraction of sp³-hybridized carbons (Fsp3) is 0.419. The molecule has 3 aliphatic heterocycles. The van der Waals surface area contributed by atoms with Crippen LogP contribution in [0.2, 0.25) is 5.02 Å². The molecule has 2 fully saturated rings. The smallest absolute Gasteiger partial charge is 0.231 e. The van der Waals surface area contributed by atoms with Gasteiger partial charge in [-0.15, -0.1) is 0 Å². The molecule has 0 amide bonds. The van der Waals surface area contributed by atoms with E-state index < -0.39 is 0 Å². The second kappa shape index (κ2) is 11.8. The highest BCUT2D eigenvalue weighted by Crippen LogP contribution is 2.40. The number of H-pyrrole nitrogens is 1. The summed E-state index contributed by atoms with van der Waals surface area (Å²) in [4.78, 5) is 20.4. The number of rotatable bonds is 7. The monoisotopic (exact) mass is 603 g/mol. The number of hydrogen-bond acceptors (Lipinski definition) is 9. The zero-order valence-electron chi connectivity index (χ0n) is 24.2. The van der Waals surface area contributed by atoms with Gasteiger partial charge in [0.2, 0.25) is 5.95 Å². The van der Waals surface area contributed by atoms with E-state index in [1.165, 1.54) is 50.3 Å². The Morgan fingerprint density at radius 1 is 0.952 bits per heavy atom. The van der Waals surface area contributed by atoms with Crippen LogP contribution in [-0.4, -0.2) is 89.9 Å². The Balaban J connectivity index is 1.06. The Bertz CT molecular complexity index is 1560. The zero-order valence-corrected chi connectivity index (χ0v) is 25.8. The number of piperidine rings is 1. The Morgan fingerprint density at radius 2 is 1.79 bits per heavy atom. The van der Waals surface area contributed by atoms with E-state index in [9.17, 15) is 0 Å². The van der Waals surface area contributed by atoms with Gasteiger partial charge in [-0.2, -0.15) is 9.97 Å². The summed E-state index contributed by atoms with van der Waals surface area (Å²) >= 11 is 8.62. The second-order valence-corrected chi connectivity index (χ2v) is 12.7. The lowest BCUT2D eigenvalue weighted by Gasteiger charge is -2.42. The van der Waals surface area contributed by atoms with Gasteiger partial charge >= 0.3 is 0 Å². The Kier molecular flexibility index (Phi) is 7.79. The zero-order chi connectivity index (χ0) is 28.6. The number of aromatic nitrogens is 3. The minimum atomic E-state index is 0.513. The molecule has 3 N–H and O–H groups in total. The van der Waals surface area contributed by atoms with E-state index in [-0.39, 0.29) is 0 Å². The number of anilines is 6. The number of likely N-dealkylation sites (N-methyl/N-ethyl adjacent to an activating group) is 1. The topological polar surface area (TPSA) is 78.6 Å². The number of hydrogen-bond donors (Lipinski definition) is 3. The number of benzene rings is 2. The van der Waals surface area contributed by atoms with Crippen molar-refractivity contribution in [3.05, 3.63) is 59.2 Å². The van der Waals surface area contributed by atoms with Gasteiger partial charge in [0.05, 0.1) is 27.5 Å². The van der Waals surface area contributed by atoms with Crippen molar-refractivity contribution in [1.29, 1.82) is 0 Å². The van der Waals surface area contributed by atoms with Gasteiger partial charge in [-0.05, 0) is 62.2 Å². The lowest BCUT2D eigenvalue weighted by atomic mass is 10.0. The van der Waals surface area contributed by atoms with Crippen molar-refractivity contribution in [3.8, 4) is 0 Å². The number of piperazine rings is 1. The van der Waals surface area contributed by atoms with E-state index in [0.717, 1.165) is 65.0 Å². The maximum Gasteiger partial charge on any atom is 0.231 e. The van der Waals surface area contributed by atoms with Crippen LogP contribution < -0.4 is 19.8 Å². The predicted molar refractivity (Wildman–Crippen MR) is 177 cm³/mol. The highest BCUT2D eigenvalue weighted by molar-refractivity contribution is 8.00. The van der Waals surface area contributed by atoms with Crippen LogP contribution in [0.3, 0.4) is 0 Å². The van der Waals surface area contributed by atoms with Crippen LogP contribution in [0.5, 0.6) is 0 Å². The summed E-state index contributed by atoms with van der Waals surface area (Å²) in [6.07, 6.45) is 7.43. The number of halogens is 1. The van der Waals surface area contributed by atoms with Crippen molar-refractivity contribution in [2.24, 2.45) is 0 Å². The van der Waals surface area contributed by atoms with Crippen LogP contribution in [0.4, 0.5) is 34.5 Å². The van der Waals surface area contributed by atoms with Crippen LogP contribution in [0.1, 0.15) is 18.4 Å². The summed E-state index contributed by atoms with van der Waals surface area (Å²) in [7, 11) is 2.22. The first-order chi connectivity index (χ1) is 20.6. The highest BCUT2D eigenvalue weighted by Gasteiger charge is 2.28. The quantitative estimate of drug-likeness (QED) is 0.222. The van der Waals surface area contributed by atoms with Crippen molar-refractivity contribution >= 4 is 69.1 Å². The molecule has 0 spiro atoms. The molecule has 7 rings (SSSR count). The molecule has 2 aromatic heterocycles. The average Bonchev–Trinajstić information content (AvgIpc) is 3.66. The minimum absolute atomic E-state index is 0.513. The molecule has 0 aliphatic carbocycles. The van der Waals surface area contributed by atoms with Crippen molar-refractivity contribution < 1.29 is 0 Å². The van der Waals surface area contributed by atoms with Crippen LogP contribution in [0.25, 0.3) is 11.0 Å². The fourth-order valence-corrected chi connectivity index (χ4v) is 7.53. The van der Waals surface area contributed by atoms with E-state index in [1.54, 1.807) is 11.9 Å². The molecule has 0 bridgehead atoms. The summed E-state index contributed by atoms with van der Waals surface area (Å²) in [5.41, 5.74) is 6.37. The standard InChI is InChI=1S/C31H38ClN9S/c1-38-16-18-39(19-17-38)23-10-13-40(14-11-23)27-7-6-22(20-25(27)32)34-31-36-29-24(8-12-33-29)30(37-31)35-26-5-3-4-21-9-15-41(42-2)28(21)26/h3-8,12,20,23H,9-11,13-19H2,1-2H3,(H3,33,34,35,36,37). The first-order valence-corrected chi connectivity index (χ1v) is 16.4. The third-order valence-corrected chi connectivity index (χ3v) is 10.0. The van der Waals surface area contributed by atoms with Crippen molar-refractivity contribution in [3.63, 3.8) is 0 Å². The summed E-state index contributed by atoms with van der Waals surface area (Å²) in [5.74, 6) is 1.27. The molecule has 9 nitrogen and oxygen atoms in total. The molecule has 2 aromatic carbocycles. The van der Waals surface area contributed by atoms with E-state index >= 15 is 0 Å². The molecule has 0 saturated carbocycles. The van der Waals surface area contributed by atoms with Crippen molar-refractivity contribution in [2.45, 2.75) is 25.3 Å². The van der Waals surface area contributed by atoms with Gasteiger partial charge in [0.1, 0.15) is 11.5 Å². The summed E-state index contributed by atoms with van der Waals surface area (Å²) in [6.45, 7) is 7.77. The Labute approximate surface area is 256 Å². The van der Waals surface area contributed by atoms with Gasteiger partial charge in [-0.1, -0.05) is 35.7 Å². The highest BCUT2D eigenvalue weighted by atomic mass is 35.5. The van der Waals surface area contributed by atoms with Crippen molar-refractivity contribution in [2.75, 3.05) is 79.0 Å². The summed E-state index contributed by atoms with van der Waals surface area (Å²) < 4.78 is 2.34. The largest absolute Gasteiger partial charge is 0.370 e. The van der Waals surface area contributed by atoms with Crippen LogP contribution >= 0.6 is 23.5 Å². The first kappa shape index (κ1) is 27.6. The van der Waals surface area contributed by atoms with Gasteiger partial charge in [-0.3, -0.25) is 4.90 Å². The SMILES string of the molecule is CSN1CCc2cccc(Nc3nc(Nc4ccc(N5CCC(N6CCN(C)CC6)CC5)c(Cl)c4)nc4[nH]ccc34)c21. The molecular formula is C31H38ClN9S. The molecule has 42 heavy (non-hydrogen) atoms. The second-order valence-electron chi connectivity index (χ2n) is 11.5. The van der Waals surface area contributed by atoms with Crippen molar-refractivity contribution in [1.82, 2.24) is 24.8 Å². The predicted octanol–water partition coefficient (Wildman–Crippen LogP) is 5.96. The van der Waals surface area contributed by atoms with Gasteiger partial charge < -0.3 is 29.7 Å². The number of aromatic amines is 1. The third kappa shape index (κ3) is 5.48.